The maximum absolute atomic E-state index is 12.5. The second-order valence-electron chi connectivity index (χ2n) is 8.21. The first-order valence-corrected chi connectivity index (χ1v) is 10.8. The van der Waals surface area contributed by atoms with Crippen LogP contribution in [0.5, 0.6) is 0 Å². The first-order chi connectivity index (χ1) is 14.1. The average molecular weight is 401 g/mol. The molecule has 2 N–H and O–H groups in total. The van der Waals surface area contributed by atoms with Crippen LogP contribution in [0.4, 0.5) is 0 Å². The number of para-hydroxylation sites is 2. The first-order valence-electron chi connectivity index (χ1n) is 10.8. The second-order valence-corrected chi connectivity index (χ2v) is 8.21. The Hall–Kier alpha value is -1.96. The Balaban J connectivity index is 1.28. The van der Waals surface area contributed by atoms with E-state index in [-0.39, 0.29) is 18.0 Å². The summed E-state index contributed by atoms with van der Waals surface area (Å²) in [6, 6.07) is 8.06. The highest BCUT2D eigenvalue weighted by Crippen LogP contribution is 2.25. The van der Waals surface area contributed by atoms with Gasteiger partial charge in [0.25, 0.3) is 0 Å². The zero-order valence-corrected chi connectivity index (χ0v) is 17.2. The van der Waals surface area contributed by atoms with Crippen molar-refractivity contribution in [3.63, 3.8) is 0 Å². The Labute approximate surface area is 172 Å². The molecule has 0 radical (unpaired) electrons. The molecular weight excluding hydrogens is 368 g/mol. The standard InChI is InChI=1S/C22H32N4O3/c1-16-23-17-6-2-3-8-19(17)26(16)11-5-10-21(27)24-18-7-4-9-20(22(18)28)25-12-14-29-15-13-25/h2-3,6,8,18,20,22,28H,4-5,7,9-15H2,1H3,(H,24,27)/t18-,20-,22-/m1/s1. The Kier molecular flexibility index (Phi) is 6.47. The number of amides is 1. The number of carbonyl (C=O) groups is 1. The molecule has 4 rings (SSSR count). The predicted octanol–water partition coefficient (Wildman–Crippen LogP) is 1.86. The Bertz CT molecular complexity index is 831. The van der Waals surface area contributed by atoms with Gasteiger partial charge in [-0.2, -0.15) is 0 Å². The maximum atomic E-state index is 12.5. The minimum absolute atomic E-state index is 0.0266. The molecule has 1 aromatic heterocycles. The van der Waals surface area contributed by atoms with E-state index in [0.29, 0.717) is 6.42 Å². The highest BCUT2D eigenvalue weighted by atomic mass is 16.5. The number of carbonyl (C=O) groups excluding carboxylic acids is 1. The van der Waals surface area contributed by atoms with Crippen LogP contribution in [-0.2, 0) is 16.1 Å². The van der Waals surface area contributed by atoms with Gasteiger partial charge in [-0.1, -0.05) is 12.1 Å². The number of imidazole rings is 1. The number of aryl methyl sites for hydroxylation is 2. The fourth-order valence-corrected chi connectivity index (χ4v) is 4.78. The topological polar surface area (TPSA) is 79.6 Å². The summed E-state index contributed by atoms with van der Waals surface area (Å²) in [6.45, 7) is 5.94. The number of morpholine rings is 1. The number of hydrogen-bond acceptors (Lipinski definition) is 5. The normalized spacial score (nSPS) is 25.9. The number of aliphatic hydroxyl groups excluding tert-OH is 1. The molecule has 0 spiro atoms. The van der Waals surface area contributed by atoms with Crippen molar-refractivity contribution in [1.82, 2.24) is 19.8 Å². The number of fused-ring (bicyclic) bond motifs is 1. The van der Waals surface area contributed by atoms with E-state index in [1.807, 2.05) is 25.1 Å². The molecule has 1 aromatic carbocycles. The maximum Gasteiger partial charge on any atom is 0.220 e. The van der Waals surface area contributed by atoms with E-state index in [1.165, 1.54) is 0 Å². The minimum Gasteiger partial charge on any atom is -0.389 e. The van der Waals surface area contributed by atoms with Gasteiger partial charge in [0.1, 0.15) is 5.82 Å². The average Bonchev–Trinajstić information content (AvgIpc) is 3.05. The third-order valence-electron chi connectivity index (χ3n) is 6.31. The molecule has 1 saturated carbocycles. The van der Waals surface area contributed by atoms with Gasteiger partial charge >= 0.3 is 0 Å². The molecule has 1 aliphatic carbocycles. The van der Waals surface area contributed by atoms with Crippen LogP contribution < -0.4 is 5.32 Å². The van der Waals surface area contributed by atoms with Gasteiger partial charge in [0, 0.05) is 32.1 Å². The van der Waals surface area contributed by atoms with Crippen molar-refractivity contribution in [2.24, 2.45) is 0 Å². The molecule has 1 saturated heterocycles. The molecule has 2 heterocycles. The molecule has 1 amide bonds. The van der Waals surface area contributed by atoms with E-state index < -0.39 is 6.10 Å². The summed E-state index contributed by atoms with van der Waals surface area (Å²) in [5.41, 5.74) is 2.11. The van der Waals surface area contributed by atoms with Crippen LogP contribution in [0.2, 0.25) is 0 Å². The Morgan fingerprint density at radius 1 is 1.28 bits per heavy atom. The summed E-state index contributed by atoms with van der Waals surface area (Å²) in [7, 11) is 0. The van der Waals surface area contributed by atoms with Gasteiger partial charge in [-0.05, 0) is 44.7 Å². The number of aliphatic hydroxyl groups is 1. The summed E-state index contributed by atoms with van der Waals surface area (Å²) < 4.78 is 7.60. The third kappa shape index (κ3) is 4.63. The highest BCUT2D eigenvalue weighted by molar-refractivity contribution is 5.77. The summed E-state index contributed by atoms with van der Waals surface area (Å²) in [4.78, 5) is 19.4. The van der Waals surface area contributed by atoms with Crippen molar-refractivity contribution < 1.29 is 14.6 Å². The first kappa shape index (κ1) is 20.3. The molecule has 7 nitrogen and oxygen atoms in total. The summed E-state index contributed by atoms with van der Waals surface area (Å²) in [5, 5.41) is 13.9. The SMILES string of the molecule is Cc1nc2ccccc2n1CCCC(=O)N[C@@H]1CCC[C@@H](N2CCOCC2)[C@@H]1O. The van der Waals surface area contributed by atoms with Gasteiger partial charge in [-0.15, -0.1) is 0 Å². The van der Waals surface area contributed by atoms with Crippen molar-refractivity contribution in [2.45, 2.75) is 63.8 Å². The van der Waals surface area contributed by atoms with Crippen molar-refractivity contribution in [2.75, 3.05) is 26.3 Å². The van der Waals surface area contributed by atoms with Crippen LogP contribution in [0.15, 0.2) is 24.3 Å². The van der Waals surface area contributed by atoms with Crippen LogP contribution in [0, 0.1) is 6.92 Å². The number of aromatic nitrogens is 2. The number of nitrogens with one attached hydrogen (secondary N) is 1. The van der Waals surface area contributed by atoms with Gasteiger partial charge in [0.05, 0.1) is 36.4 Å². The van der Waals surface area contributed by atoms with Crippen LogP contribution in [0.1, 0.15) is 37.9 Å². The largest absolute Gasteiger partial charge is 0.389 e. The molecule has 1 aliphatic heterocycles. The van der Waals surface area contributed by atoms with Crippen molar-refractivity contribution in [3.05, 3.63) is 30.1 Å². The lowest BCUT2D eigenvalue weighted by Gasteiger charge is -2.43. The van der Waals surface area contributed by atoms with E-state index in [9.17, 15) is 9.90 Å². The number of nitrogens with zero attached hydrogens (tertiary/aromatic N) is 3. The third-order valence-corrected chi connectivity index (χ3v) is 6.31. The van der Waals surface area contributed by atoms with Gasteiger partial charge < -0.3 is 19.7 Å². The fourth-order valence-electron chi connectivity index (χ4n) is 4.78. The number of ether oxygens (including phenoxy) is 1. The molecular formula is C22H32N4O3. The fraction of sp³-hybridized carbons (Fsp3) is 0.636. The zero-order valence-electron chi connectivity index (χ0n) is 17.2. The zero-order chi connectivity index (χ0) is 20.2. The van der Waals surface area contributed by atoms with E-state index in [0.717, 1.165) is 75.4 Å². The van der Waals surface area contributed by atoms with Gasteiger partial charge in [-0.3, -0.25) is 9.69 Å². The van der Waals surface area contributed by atoms with Crippen LogP contribution >= 0.6 is 0 Å². The van der Waals surface area contributed by atoms with Crippen molar-refractivity contribution >= 4 is 16.9 Å². The van der Waals surface area contributed by atoms with Gasteiger partial charge in [0.15, 0.2) is 0 Å². The van der Waals surface area contributed by atoms with E-state index >= 15 is 0 Å². The van der Waals surface area contributed by atoms with Crippen LogP contribution in [0.3, 0.4) is 0 Å². The molecule has 29 heavy (non-hydrogen) atoms. The van der Waals surface area contributed by atoms with Crippen LogP contribution in [0.25, 0.3) is 11.0 Å². The van der Waals surface area contributed by atoms with Gasteiger partial charge in [-0.25, -0.2) is 4.98 Å². The lowest BCUT2D eigenvalue weighted by Crippen LogP contribution is -2.58. The van der Waals surface area contributed by atoms with Gasteiger partial charge in [0.2, 0.25) is 5.91 Å². The molecule has 2 aliphatic rings. The Morgan fingerprint density at radius 3 is 2.90 bits per heavy atom. The molecule has 0 unspecified atom stereocenters. The number of rotatable bonds is 6. The summed E-state index contributed by atoms with van der Waals surface area (Å²) >= 11 is 0. The smallest absolute Gasteiger partial charge is 0.220 e. The quantitative estimate of drug-likeness (QED) is 0.774. The Morgan fingerprint density at radius 2 is 2.07 bits per heavy atom. The van der Waals surface area contributed by atoms with E-state index in [1.54, 1.807) is 0 Å². The lowest BCUT2D eigenvalue weighted by molar-refractivity contribution is -0.124. The number of benzene rings is 1. The monoisotopic (exact) mass is 400 g/mol. The minimum atomic E-state index is -0.509. The number of hydrogen-bond donors (Lipinski definition) is 2. The van der Waals surface area contributed by atoms with Crippen LogP contribution in [-0.4, -0.2) is 70.0 Å². The lowest BCUT2D eigenvalue weighted by atomic mass is 9.86. The van der Waals surface area contributed by atoms with Crippen molar-refractivity contribution in [3.8, 4) is 0 Å². The molecule has 0 bridgehead atoms. The summed E-state index contributed by atoms with van der Waals surface area (Å²) in [5.74, 6) is 1.00. The molecule has 3 atom stereocenters. The van der Waals surface area contributed by atoms with E-state index in [4.69, 9.17) is 4.74 Å². The molecule has 2 aromatic rings. The molecule has 2 fully saturated rings. The second kappa shape index (κ2) is 9.24. The predicted molar refractivity (Wildman–Crippen MR) is 112 cm³/mol. The molecule has 158 valence electrons. The highest BCUT2D eigenvalue weighted by Gasteiger charge is 2.36. The van der Waals surface area contributed by atoms with Crippen molar-refractivity contribution in [1.29, 1.82) is 0 Å². The van der Waals surface area contributed by atoms with E-state index in [2.05, 4.69) is 25.8 Å². The summed E-state index contributed by atoms with van der Waals surface area (Å²) in [6.07, 6.45) is 3.56. The molecule has 7 heteroatoms.